The van der Waals surface area contributed by atoms with E-state index in [4.69, 9.17) is 23.2 Å². The molecule has 0 saturated heterocycles. The molecule has 0 aliphatic carbocycles. The normalized spacial score (nSPS) is 10.8. The maximum absolute atomic E-state index is 12.7. The second-order valence-corrected chi connectivity index (χ2v) is 9.92. The van der Waals surface area contributed by atoms with Gasteiger partial charge in [-0.15, -0.1) is 10.2 Å². The van der Waals surface area contributed by atoms with Crippen molar-refractivity contribution in [3.8, 4) is 27.6 Å². The first-order valence-corrected chi connectivity index (χ1v) is 12.7. The van der Waals surface area contributed by atoms with Crippen molar-refractivity contribution in [3.63, 3.8) is 0 Å². The number of amides is 2. The molecule has 0 unspecified atom stereocenters. The molecule has 0 bridgehead atoms. The number of benzene rings is 3. The van der Waals surface area contributed by atoms with Gasteiger partial charge >= 0.3 is 0 Å². The molecule has 0 aliphatic rings. The lowest BCUT2D eigenvalue weighted by molar-refractivity contribution is 0.101. The minimum Gasteiger partial charge on any atom is -0.506 e. The third-order valence-electron chi connectivity index (χ3n) is 5.57. The minimum absolute atomic E-state index is 0.0825. The number of hydrogen-bond donors (Lipinski definition) is 3. The summed E-state index contributed by atoms with van der Waals surface area (Å²) in [6.07, 6.45) is 1.73. The molecule has 5 rings (SSSR count). The van der Waals surface area contributed by atoms with Gasteiger partial charge in [-0.1, -0.05) is 46.7 Å². The second kappa shape index (κ2) is 10.6. The van der Waals surface area contributed by atoms with E-state index < -0.39 is 5.91 Å². The maximum Gasteiger partial charge on any atom is 0.257 e. The zero-order chi connectivity index (χ0) is 26.8. The summed E-state index contributed by atoms with van der Waals surface area (Å²) in [5, 5.41) is 28.8. The third-order valence-corrected chi connectivity index (χ3v) is 6.95. The summed E-state index contributed by atoms with van der Waals surface area (Å²) in [5.74, 6) is -0.916. The Morgan fingerprint density at radius 1 is 0.895 bits per heavy atom. The van der Waals surface area contributed by atoms with E-state index in [-0.39, 0.29) is 21.8 Å². The quantitative estimate of drug-likeness (QED) is 0.228. The van der Waals surface area contributed by atoms with Crippen LogP contribution < -0.4 is 10.6 Å². The largest absolute Gasteiger partial charge is 0.506 e. The fourth-order valence-electron chi connectivity index (χ4n) is 3.64. The Balaban J connectivity index is 1.22. The van der Waals surface area contributed by atoms with Crippen LogP contribution in [0.4, 0.5) is 10.8 Å². The van der Waals surface area contributed by atoms with Crippen LogP contribution in [0.3, 0.4) is 0 Å². The molecule has 3 aromatic carbocycles. The lowest BCUT2D eigenvalue weighted by Gasteiger charge is -2.08. The number of phenols is 1. The summed E-state index contributed by atoms with van der Waals surface area (Å²) >= 11 is 13.0. The number of carbonyl (C=O) groups is 2. The van der Waals surface area contributed by atoms with Crippen LogP contribution in [-0.2, 0) is 7.05 Å². The number of carbonyl (C=O) groups excluding carboxylic acids is 2. The zero-order valence-electron chi connectivity index (χ0n) is 19.6. The summed E-state index contributed by atoms with van der Waals surface area (Å²) in [6, 6.07) is 18.5. The highest BCUT2D eigenvalue weighted by molar-refractivity contribution is 7.18. The molecule has 3 N–H and O–H groups in total. The van der Waals surface area contributed by atoms with E-state index in [2.05, 4.69) is 25.9 Å². The van der Waals surface area contributed by atoms with Crippen LogP contribution in [0.1, 0.15) is 20.7 Å². The van der Waals surface area contributed by atoms with Crippen molar-refractivity contribution in [3.05, 3.63) is 94.1 Å². The van der Waals surface area contributed by atoms with Gasteiger partial charge in [0.2, 0.25) is 5.13 Å². The van der Waals surface area contributed by atoms with Crippen molar-refractivity contribution >= 4 is 57.2 Å². The van der Waals surface area contributed by atoms with E-state index in [0.717, 1.165) is 22.6 Å². The zero-order valence-corrected chi connectivity index (χ0v) is 22.0. The molecule has 0 fully saturated rings. The van der Waals surface area contributed by atoms with Gasteiger partial charge in [-0.25, -0.2) is 0 Å². The Kier molecular flexibility index (Phi) is 7.10. The maximum atomic E-state index is 12.7. The number of hydrogen-bond acceptors (Lipinski definition) is 7. The number of nitrogens with one attached hydrogen (secondary N) is 2. The highest BCUT2D eigenvalue weighted by atomic mass is 35.5. The molecule has 0 spiro atoms. The van der Waals surface area contributed by atoms with Crippen molar-refractivity contribution in [2.45, 2.75) is 0 Å². The highest BCUT2D eigenvalue weighted by Crippen LogP contribution is 2.39. The van der Waals surface area contributed by atoms with Crippen molar-refractivity contribution in [1.29, 1.82) is 0 Å². The smallest absolute Gasteiger partial charge is 0.257 e. The molecule has 0 atom stereocenters. The van der Waals surface area contributed by atoms with Crippen LogP contribution in [0, 0.1) is 0 Å². The van der Waals surface area contributed by atoms with Gasteiger partial charge in [-0.2, -0.15) is 5.10 Å². The molecule has 0 radical (unpaired) electrons. The summed E-state index contributed by atoms with van der Waals surface area (Å²) in [4.78, 5) is 25.4. The van der Waals surface area contributed by atoms with Crippen molar-refractivity contribution < 1.29 is 14.7 Å². The second-order valence-electron chi connectivity index (χ2n) is 8.10. The van der Waals surface area contributed by atoms with Gasteiger partial charge in [0.05, 0.1) is 16.3 Å². The number of phenolic OH excluding ortho intramolecular Hbond substituents is 1. The first-order valence-electron chi connectivity index (χ1n) is 11.1. The number of aromatic nitrogens is 4. The number of aromatic hydroxyl groups is 1. The monoisotopic (exact) mass is 564 g/mol. The topological polar surface area (TPSA) is 122 Å². The summed E-state index contributed by atoms with van der Waals surface area (Å²) in [6.45, 7) is 0. The lowest BCUT2D eigenvalue weighted by Crippen LogP contribution is -2.14. The van der Waals surface area contributed by atoms with Gasteiger partial charge in [-0.3, -0.25) is 19.6 Å². The van der Waals surface area contributed by atoms with Crippen LogP contribution in [-0.4, -0.2) is 36.9 Å². The molecule has 2 aromatic heterocycles. The van der Waals surface area contributed by atoms with Gasteiger partial charge in [0, 0.05) is 35.1 Å². The van der Waals surface area contributed by atoms with Crippen LogP contribution in [0.2, 0.25) is 10.0 Å². The Morgan fingerprint density at radius 2 is 1.55 bits per heavy atom. The number of nitrogens with zero attached hydrogens (tertiary/aromatic N) is 4. The Bertz CT molecular complexity index is 1650. The van der Waals surface area contributed by atoms with Gasteiger partial charge < -0.3 is 10.4 Å². The molecular formula is C26H18Cl2N6O3S. The minimum atomic E-state index is -0.432. The molecule has 38 heavy (non-hydrogen) atoms. The summed E-state index contributed by atoms with van der Waals surface area (Å²) in [7, 11) is 1.86. The SMILES string of the molecule is Cn1nccc1-c1ccc(NC(=O)c2ccc(C(=O)Nc3nnc(-c4cc(Cl)cc(Cl)c4O)s3)cc2)cc1. The van der Waals surface area contributed by atoms with Gasteiger partial charge in [0.15, 0.2) is 5.01 Å². The predicted octanol–water partition coefficient (Wildman–Crippen LogP) is 6.12. The molecule has 2 amide bonds. The summed E-state index contributed by atoms with van der Waals surface area (Å²) < 4.78 is 1.77. The Labute approximate surface area is 230 Å². The Hall–Kier alpha value is -4.25. The van der Waals surface area contributed by atoms with Gasteiger partial charge in [-0.05, 0) is 60.2 Å². The van der Waals surface area contributed by atoms with Crippen molar-refractivity contribution in [1.82, 2.24) is 20.0 Å². The molecule has 0 aliphatic heterocycles. The van der Waals surface area contributed by atoms with Crippen LogP contribution in [0.25, 0.3) is 21.8 Å². The van der Waals surface area contributed by atoms with Crippen LogP contribution >= 0.6 is 34.5 Å². The predicted molar refractivity (Wildman–Crippen MR) is 148 cm³/mol. The molecule has 9 nitrogen and oxygen atoms in total. The molecular weight excluding hydrogens is 547 g/mol. The van der Waals surface area contributed by atoms with E-state index in [1.54, 1.807) is 35.1 Å². The van der Waals surface area contributed by atoms with Crippen LogP contribution in [0.5, 0.6) is 5.75 Å². The average molecular weight is 565 g/mol. The highest BCUT2D eigenvalue weighted by Gasteiger charge is 2.17. The van der Waals surface area contributed by atoms with Crippen molar-refractivity contribution in [2.24, 2.45) is 7.05 Å². The standard InChI is InChI=1S/C26H18Cl2N6O3S/c1-34-21(10-11-29-34)14-6-8-18(9-7-14)30-23(36)15-2-4-16(5-3-15)24(37)31-26-33-32-25(38-26)19-12-17(27)13-20(28)22(19)35/h2-13,35H,1H3,(H,30,36)(H,31,33,37). The van der Waals surface area contributed by atoms with Gasteiger partial charge in [0.25, 0.3) is 11.8 Å². The van der Waals surface area contributed by atoms with Crippen molar-refractivity contribution in [2.75, 3.05) is 10.6 Å². The number of anilines is 2. The van der Waals surface area contributed by atoms with E-state index in [0.29, 0.717) is 32.4 Å². The molecule has 2 heterocycles. The molecule has 12 heteroatoms. The first-order chi connectivity index (χ1) is 18.3. The van der Waals surface area contributed by atoms with E-state index in [9.17, 15) is 14.7 Å². The molecule has 0 saturated carbocycles. The third kappa shape index (κ3) is 5.37. The fourth-order valence-corrected chi connectivity index (χ4v) is 4.89. The number of rotatable bonds is 6. The van der Waals surface area contributed by atoms with Gasteiger partial charge in [0.1, 0.15) is 5.75 Å². The molecule has 190 valence electrons. The fraction of sp³-hybridized carbons (Fsp3) is 0.0385. The van der Waals surface area contributed by atoms with E-state index >= 15 is 0 Å². The Morgan fingerprint density at radius 3 is 2.18 bits per heavy atom. The first kappa shape index (κ1) is 25.4. The van der Waals surface area contributed by atoms with E-state index in [1.165, 1.54) is 12.1 Å². The van der Waals surface area contributed by atoms with E-state index in [1.807, 2.05) is 37.4 Å². The average Bonchev–Trinajstić information content (AvgIpc) is 3.55. The summed E-state index contributed by atoms with van der Waals surface area (Å²) in [5.41, 5.74) is 3.61. The lowest BCUT2D eigenvalue weighted by atomic mass is 10.1. The number of aryl methyl sites for hydroxylation is 1. The molecule has 5 aromatic rings. The van der Waals surface area contributed by atoms with Crippen LogP contribution in [0.15, 0.2) is 72.9 Å². The number of halogens is 2.